The maximum Gasteiger partial charge on any atom is 0.282 e. The normalized spacial score (nSPS) is 23.1. The molecule has 0 spiro atoms. The Kier molecular flexibility index (Phi) is 5.57. The van der Waals surface area contributed by atoms with Gasteiger partial charge in [-0.1, -0.05) is 6.92 Å². The minimum atomic E-state index is -3.53. The molecule has 2 aliphatic rings. The van der Waals surface area contributed by atoms with Crippen molar-refractivity contribution >= 4 is 31.6 Å². The first-order valence-corrected chi connectivity index (χ1v) is 12.2. The Hall–Kier alpha value is -0.520. The van der Waals surface area contributed by atoms with Gasteiger partial charge in [0.2, 0.25) is 0 Å². The van der Waals surface area contributed by atoms with Gasteiger partial charge in [-0.2, -0.15) is 21.3 Å². The van der Waals surface area contributed by atoms with E-state index < -0.39 is 20.2 Å². The van der Waals surface area contributed by atoms with Gasteiger partial charge in [-0.05, 0) is 37.8 Å². The number of piperidine rings is 1. The van der Waals surface area contributed by atoms with Crippen molar-refractivity contribution in [2.24, 2.45) is 5.92 Å². The second-order valence-electron chi connectivity index (χ2n) is 6.76. The molecule has 0 aromatic carbocycles. The van der Waals surface area contributed by atoms with Gasteiger partial charge in [0.15, 0.2) is 0 Å². The molecule has 0 radical (unpaired) electrons. The number of hydrogen-bond donors (Lipinski definition) is 0. The van der Waals surface area contributed by atoms with E-state index in [0.717, 1.165) is 17.7 Å². The predicted molar refractivity (Wildman–Crippen MR) is 98.3 cm³/mol. The highest BCUT2D eigenvalue weighted by Gasteiger charge is 2.37. The smallest absolute Gasteiger partial charge is 0.206 e. The number of rotatable bonds is 4. The first-order chi connectivity index (χ1) is 11.7. The Morgan fingerprint density at radius 3 is 1.92 bits per heavy atom. The molecule has 7 nitrogen and oxygen atoms in total. The fraction of sp³-hybridized carbons (Fsp3) is 0.733. The fourth-order valence-corrected chi connectivity index (χ4v) is 7.68. The third kappa shape index (κ3) is 3.93. The Bertz CT molecular complexity index is 803. The third-order valence-corrected chi connectivity index (χ3v) is 10.3. The van der Waals surface area contributed by atoms with Gasteiger partial charge in [-0.15, -0.1) is 11.3 Å². The molecular weight excluding hydrogens is 382 g/mol. The summed E-state index contributed by atoms with van der Waals surface area (Å²) in [4.78, 5) is 0.944. The van der Waals surface area contributed by atoms with Crippen LogP contribution < -0.4 is 0 Å². The minimum absolute atomic E-state index is 0.197. The van der Waals surface area contributed by atoms with Crippen LogP contribution in [-0.2, 0) is 20.2 Å². The number of aryl methyl sites for hydroxylation is 1. The Morgan fingerprint density at radius 2 is 1.40 bits per heavy atom. The van der Waals surface area contributed by atoms with Crippen LogP contribution in [0.25, 0.3) is 0 Å². The molecule has 0 saturated carbocycles. The number of sulfonamides is 1. The maximum absolute atomic E-state index is 12.8. The van der Waals surface area contributed by atoms with Crippen molar-refractivity contribution in [3.63, 3.8) is 0 Å². The van der Waals surface area contributed by atoms with Crippen molar-refractivity contribution in [3.05, 3.63) is 17.0 Å². The molecule has 2 fully saturated rings. The molecule has 25 heavy (non-hydrogen) atoms. The van der Waals surface area contributed by atoms with Crippen LogP contribution in [0.15, 0.2) is 16.3 Å². The molecule has 1 aromatic rings. The lowest BCUT2D eigenvalue weighted by Crippen LogP contribution is -2.55. The summed E-state index contributed by atoms with van der Waals surface area (Å²) in [5, 5.41) is 0. The van der Waals surface area contributed by atoms with Gasteiger partial charge in [0.25, 0.3) is 20.2 Å². The predicted octanol–water partition coefficient (Wildman–Crippen LogP) is 1.34. The molecule has 2 saturated heterocycles. The van der Waals surface area contributed by atoms with Crippen LogP contribution in [0.2, 0.25) is 0 Å². The second-order valence-corrected chi connectivity index (χ2v) is 12.1. The standard InChI is InChI=1S/C15H25N3O4S3/c1-13-5-7-17(8-6-13)25(21,22)18-11-9-16(10-12-18)24(19,20)15-4-3-14(2)23-15/h3-4,13H,5-12H2,1-2H3. The van der Waals surface area contributed by atoms with Gasteiger partial charge in [0.1, 0.15) is 4.21 Å². The molecule has 2 aliphatic heterocycles. The monoisotopic (exact) mass is 407 g/mol. The summed E-state index contributed by atoms with van der Waals surface area (Å²) in [6.07, 6.45) is 1.76. The second kappa shape index (κ2) is 7.24. The van der Waals surface area contributed by atoms with E-state index in [9.17, 15) is 16.8 Å². The lowest BCUT2D eigenvalue weighted by molar-refractivity contribution is 0.232. The number of nitrogens with zero attached hydrogens (tertiary/aromatic N) is 3. The van der Waals surface area contributed by atoms with Crippen LogP contribution in [0.4, 0.5) is 0 Å². The summed E-state index contributed by atoms with van der Waals surface area (Å²) < 4.78 is 55.5. The summed E-state index contributed by atoms with van der Waals surface area (Å²) in [7, 11) is -7.02. The summed E-state index contributed by atoms with van der Waals surface area (Å²) in [6, 6.07) is 3.41. The molecular formula is C15H25N3O4S3. The van der Waals surface area contributed by atoms with Crippen molar-refractivity contribution in [1.82, 2.24) is 12.9 Å². The van der Waals surface area contributed by atoms with Crippen LogP contribution >= 0.6 is 11.3 Å². The zero-order chi connectivity index (χ0) is 18.2. The third-order valence-electron chi connectivity index (χ3n) is 4.90. The summed E-state index contributed by atoms with van der Waals surface area (Å²) in [5.74, 6) is 0.558. The Labute approximate surface area is 154 Å². The van der Waals surface area contributed by atoms with Crippen LogP contribution in [0, 0.1) is 12.8 Å². The Morgan fingerprint density at radius 1 is 0.880 bits per heavy atom. The first-order valence-electron chi connectivity index (χ1n) is 8.53. The summed E-state index contributed by atoms with van der Waals surface area (Å²) >= 11 is 1.25. The van der Waals surface area contributed by atoms with Gasteiger partial charge in [-0.3, -0.25) is 0 Å². The first kappa shape index (κ1) is 19.2. The molecule has 0 N–H and O–H groups in total. The zero-order valence-electron chi connectivity index (χ0n) is 14.6. The fourth-order valence-electron chi connectivity index (χ4n) is 3.20. The molecule has 3 rings (SSSR count). The van der Waals surface area contributed by atoms with Crippen LogP contribution in [0.3, 0.4) is 0 Å². The molecule has 142 valence electrons. The number of thiophene rings is 1. The highest BCUT2D eigenvalue weighted by Crippen LogP contribution is 2.26. The van der Waals surface area contributed by atoms with Crippen LogP contribution in [0.5, 0.6) is 0 Å². The van der Waals surface area contributed by atoms with Crippen molar-refractivity contribution in [3.8, 4) is 0 Å². The molecule has 0 unspecified atom stereocenters. The van der Waals surface area contributed by atoms with E-state index in [1.165, 1.54) is 19.9 Å². The van der Waals surface area contributed by atoms with Crippen molar-refractivity contribution in [2.75, 3.05) is 39.3 Å². The molecule has 0 atom stereocenters. The highest BCUT2D eigenvalue weighted by atomic mass is 32.2. The van der Waals surface area contributed by atoms with E-state index in [1.54, 1.807) is 16.4 Å². The average Bonchev–Trinajstić information content (AvgIpc) is 3.03. The lowest BCUT2D eigenvalue weighted by Gasteiger charge is -2.37. The molecule has 0 amide bonds. The van der Waals surface area contributed by atoms with E-state index in [4.69, 9.17) is 0 Å². The van der Waals surface area contributed by atoms with Crippen molar-refractivity contribution in [2.45, 2.75) is 30.9 Å². The topological polar surface area (TPSA) is 78.0 Å². The summed E-state index contributed by atoms with van der Waals surface area (Å²) in [5.41, 5.74) is 0. The molecule has 1 aromatic heterocycles. The van der Waals surface area contributed by atoms with Gasteiger partial charge < -0.3 is 0 Å². The van der Waals surface area contributed by atoms with Crippen LogP contribution in [-0.4, -0.2) is 69.0 Å². The van der Waals surface area contributed by atoms with Crippen LogP contribution in [0.1, 0.15) is 24.6 Å². The van der Waals surface area contributed by atoms with Gasteiger partial charge in [0, 0.05) is 44.1 Å². The molecule has 3 heterocycles. The van der Waals surface area contributed by atoms with E-state index in [0.29, 0.717) is 23.2 Å². The van der Waals surface area contributed by atoms with Gasteiger partial charge in [0.05, 0.1) is 0 Å². The number of hydrogen-bond acceptors (Lipinski definition) is 5. The quantitative estimate of drug-likeness (QED) is 0.755. The lowest BCUT2D eigenvalue weighted by atomic mass is 10.0. The zero-order valence-corrected chi connectivity index (χ0v) is 17.0. The van der Waals surface area contributed by atoms with E-state index >= 15 is 0 Å². The molecule has 0 bridgehead atoms. The maximum atomic E-state index is 12.8. The van der Waals surface area contributed by atoms with Crippen molar-refractivity contribution < 1.29 is 16.8 Å². The van der Waals surface area contributed by atoms with Gasteiger partial charge in [-0.25, -0.2) is 8.42 Å². The average molecular weight is 408 g/mol. The SMILES string of the molecule is Cc1ccc(S(=O)(=O)N2CCN(S(=O)(=O)N3CCC(C)CC3)CC2)s1. The van der Waals surface area contributed by atoms with E-state index in [1.807, 2.05) is 6.92 Å². The van der Waals surface area contributed by atoms with E-state index in [2.05, 4.69) is 6.92 Å². The highest BCUT2D eigenvalue weighted by molar-refractivity contribution is 7.91. The van der Waals surface area contributed by atoms with Crippen molar-refractivity contribution in [1.29, 1.82) is 0 Å². The molecule has 10 heteroatoms. The largest absolute Gasteiger partial charge is 0.282 e. The van der Waals surface area contributed by atoms with E-state index in [-0.39, 0.29) is 26.2 Å². The Balaban J connectivity index is 1.65. The minimum Gasteiger partial charge on any atom is -0.206 e. The number of piperazine rings is 1. The van der Waals surface area contributed by atoms with Gasteiger partial charge >= 0.3 is 0 Å². The summed E-state index contributed by atoms with van der Waals surface area (Å²) in [6.45, 7) is 5.92. The molecule has 0 aliphatic carbocycles.